The number of para-hydroxylation sites is 1. The highest BCUT2D eigenvalue weighted by Crippen LogP contribution is 2.26. The summed E-state index contributed by atoms with van der Waals surface area (Å²) in [4.78, 5) is 31.9. The molecule has 0 aliphatic carbocycles. The molecule has 3 aromatic carbocycles. The Balaban J connectivity index is 1.59. The van der Waals surface area contributed by atoms with Crippen LogP contribution >= 0.6 is 11.6 Å². The SMILES string of the molecule is CCN(C(=O)[C@H](Cc1ccccc1)NC(=O)Cc1c(C)[nH]c2ccc(Cl)cc12)c1ccccc1. The lowest BCUT2D eigenvalue weighted by Gasteiger charge is -2.27. The van der Waals surface area contributed by atoms with Crippen LogP contribution in [0.2, 0.25) is 5.02 Å². The molecule has 4 rings (SSSR count). The van der Waals surface area contributed by atoms with E-state index in [-0.39, 0.29) is 18.2 Å². The molecule has 1 aromatic heterocycles. The number of anilines is 1. The number of rotatable bonds is 8. The van der Waals surface area contributed by atoms with Crippen molar-refractivity contribution in [2.45, 2.75) is 32.7 Å². The quantitative estimate of drug-likeness (QED) is 0.357. The maximum atomic E-state index is 13.6. The molecule has 6 heteroatoms. The van der Waals surface area contributed by atoms with Crippen LogP contribution in [0.4, 0.5) is 5.69 Å². The molecule has 5 nitrogen and oxygen atoms in total. The molecule has 0 unspecified atom stereocenters. The Bertz CT molecular complexity index is 1290. The van der Waals surface area contributed by atoms with Crippen molar-refractivity contribution in [3.05, 3.63) is 101 Å². The minimum Gasteiger partial charge on any atom is -0.358 e. The van der Waals surface area contributed by atoms with E-state index in [0.717, 1.165) is 33.4 Å². The fourth-order valence-corrected chi connectivity index (χ4v) is 4.47. The summed E-state index contributed by atoms with van der Waals surface area (Å²) in [5.41, 5.74) is 4.53. The first kappa shape index (κ1) is 23.6. The summed E-state index contributed by atoms with van der Waals surface area (Å²) in [5.74, 6) is -0.341. The first-order valence-corrected chi connectivity index (χ1v) is 11.8. The Morgan fingerprint density at radius 1 is 1.00 bits per heavy atom. The number of carbonyl (C=O) groups is 2. The van der Waals surface area contributed by atoms with Gasteiger partial charge in [-0.25, -0.2) is 0 Å². The number of aromatic amines is 1. The Labute approximate surface area is 204 Å². The monoisotopic (exact) mass is 473 g/mol. The number of nitrogens with zero attached hydrogens (tertiary/aromatic N) is 1. The van der Waals surface area contributed by atoms with Crippen molar-refractivity contribution in [2.24, 2.45) is 0 Å². The van der Waals surface area contributed by atoms with Gasteiger partial charge in [0, 0.05) is 40.3 Å². The standard InChI is InChI=1S/C28H28ClN3O2/c1-3-32(22-12-8-5-9-13-22)28(34)26(16-20-10-6-4-7-11-20)31-27(33)18-23-19(2)30-25-15-14-21(29)17-24(23)25/h4-15,17,26,30H,3,16,18H2,1-2H3,(H,31,33)/t26-/m0/s1. The van der Waals surface area contributed by atoms with Crippen LogP contribution in [0.5, 0.6) is 0 Å². The summed E-state index contributed by atoms with van der Waals surface area (Å²) in [6.07, 6.45) is 0.565. The summed E-state index contributed by atoms with van der Waals surface area (Å²) in [5, 5.41) is 4.56. The first-order valence-electron chi connectivity index (χ1n) is 11.4. The Kier molecular flexibility index (Phi) is 7.33. The molecule has 0 spiro atoms. The van der Waals surface area contributed by atoms with Gasteiger partial charge in [-0.3, -0.25) is 9.59 Å². The fraction of sp³-hybridized carbons (Fsp3) is 0.214. The minimum absolute atomic E-state index is 0.135. The Hall–Kier alpha value is -3.57. The number of nitrogens with one attached hydrogen (secondary N) is 2. The number of aryl methyl sites for hydroxylation is 1. The molecule has 0 bridgehead atoms. The number of fused-ring (bicyclic) bond motifs is 1. The number of aromatic nitrogens is 1. The van der Waals surface area contributed by atoms with Gasteiger partial charge >= 0.3 is 0 Å². The third-order valence-electron chi connectivity index (χ3n) is 5.98. The zero-order chi connectivity index (χ0) is 24.1. The molecule has 1 heterocycles. The fourth-order valence-electron chi connectivity index (χ4n) is 4.30. The van der Waals surface area contributed by atoms with Gasteiger partial charge in [0.2, 0.25) is 11.8 Å². The number of amides is 2. The van der Waals surface area contributed by atoms with Crippen molar-refractivity contribution in [1.82, 2.24) is 10.3 Å². The third-order valence-corrected chi connectivity index (χ3v) is 6.22. The van der Waals surface area contributed by atoms with Crippen LogP contribution in [-0.4, -0.2) is 29.4 Å². The second-order valence-electron chi connectivity index (χ2n) is 8.32. The van der Waals surface area contributed by atoms with Gasteiger partial charge in [0.15, 0.2) is 0 Å². The molecule has 4 aromatic rings. The predicted molar refractivity (Wildman–Crippen MR) is 138 cm³/mol. The highest BCUT2D eigenvalue weighted by atomic mass is 35.5. The first-order chi connectivity index (χ1) is 16.5. The van der Waals surface area contributed by atoms with Crippen molar-refractivity contribution in [3.63, 3.8) is 0 Å². The summed E-state index contributed by atoms with van der Waals surface area (Å²) >= 11 is 6.20. The second-order valence-corrected chi connectivity index (χ2v) is 8.76. The maximum Gasteiger partial charge on any atom is 0.249 e. The molecule has 0 radical (unpaired) electrons. The third kappa shape index (κ3) is 5.32. The molecule has 0 aliphatic rings. The van der Waals surface area contributed by atoms with Gasteiger partial charge < -0.3 is 15.2 Å². The maximum absolute atomic E-state index is 13.6. The van der Waals surface area contributed by atoms with Crippen molar-refractivity contribution >= 4 is 40.0 Å². The van der Waals surface area contributed by atoms with Crippen molar-refractivity contribution in [1.29, 1.82) is 0 Å². The molecule has 2 amide bonds. The van der Waals surface area contributed by atoms with Crippen LogP contribution in [0.15, 0.2) is 78.9 Å². The summed E-state index contributed by atoms with van der Waals surface area (Å²) in [6.45, 7) is 4.38. The number of likely N-dealkylation sites (N-methyl/N-ethyl adjacent to an activating group) is 1. The largest absolute Gasteiger partial charge is 0.358 e. The number of hydrogen-bond acceptors (Lipinski definition) is 2. The summed E-state index contributed by atoms with van der Waals surface area (Å²) in [6, 6.07) is 24.2. The molecular weight excluding hydrogens is 446 g/mol. The second kappa shape index (κ2) is 10.6. The highest BCUT2D eigenvalue weighted by molar-refractivity contribution is 6.31. The molecule has 34 heavy (non-hydrogen) atoms. The molecule has 0 fully saturated rings. The molecule has 1 atom stereocenters. The van der Waals surface area contributed by atoms with Crippen molar-refractivity contribution < 1.29 is 9.59 Å². The van der Waals surface area contributed by atoms with E-state index in [9.17, 15) is 9.59 Å². The van der Waals surface area contributed by atoms with Crippen LogP contribution in [-0.2, 0) is 22.4 Å². The Morgan fingerprint density at radius 2 is 1.68 bits per heavy atom. The average molecular weight is 474 g/mol. The molecule has 174 valence electrons. The zero-order valence-electron chi connectivity index (χ0n) is 19.3. The van der Waals surface area contributed by atoms with Gasteiger partial charge in [-0.1, -0.05) is 60.1 Å². The van der Waals surface area contributed by atoms with E-state index in [4.69, 9.17) is 11.6 Å². The summed E-state index contributed by atoms with van der Waals surface area (Å²) in [7, 11) is 0. The highest BCUT2D eigenvalue weighted by Gasteiger charge is 2.27. The Morgan fingerprint density at radius 3 is 2.35 bits per heavy atom. The van der Waals surface area contributed by atoms with Crippen LogP contribution < -0.4 is 10.2 Å². The number of H-pyrrole nitrogens is 1. The molecule has 0 saturated carbocycles. The van der Waals surface area contributed by atoms with Crippen molar-refractivity contribution in [2.75, 3.05) is 11.4 Å². The van der Waals surface area contributed by atoms with E-state index in [1.54, 1.807) is 4.90 Å². The predicted octanol–water partition coefficient (Wildman–Crippen LogP) is 5.45. The lowest BCUT2D eigenvalue weighted by atomic mass is 10.0. The number of carbonyl (C=O) groups excluding carboxylic acids is 2. The van der Waals surface area contributed by atoms with E-state index in [0.29, 0.717) is 18.0 Å². The minimum atomic E-state index is -0.691. The number of halogens is 1. The molecule has 2 N–H and O–H groups in total. The van der Waals surface area contributed by atoms with Gasteiger partial charge in [0.25, 0.3) is 0 Å². The van der Waals surface area contributed by atoms with E-state index in [1.807, 2.05) is 92.7 Å². The van der Waals surface area contributed by atoms with Crippen LogP contribution in [0.3, 0.4) is 0 Å². The van der Waals surface area contributed by atoms with E-state index in [2.05, 4.69) is 10.3 Å². The van der Waals surface area contributed by atoms with Gasteiger partial charge in [-0.05, 0) is 55.3 Å². The van der Waals surface area contributed by atoms with Crippen LogP contribution in [0.25, 0.3) is 10.9 Å². The van der Waals surface area contributed by atoms with Gasteiger partial charge in [0.05, 0.1) is 6.42 Å². The van der Waals surface area contributed by atoms with Gasteiger partial charge in [0.1, 0.15) is 6.04 Å². The lowest BCUT2D eigenvalue weighted by molar-refractivity contribution is -0.127. The summed E-state index contributed by atoms with van der Waals surface area (Å²) < 4.78 is 0. The van der Waals surface area contributed by atoms with Gasteiger partial charge in [-0.15, -0.1) is 0 Å². The van der Waals surface area contributed by atoms with E-state index >= 15 is 0 Å². The average Bonchev–Trinajstić information content (AvgIpc) is 3.14. The lowest BCUT2D eigenvalue weighted by Crippen LogP contribution is -2.50. The topological polar surface area (TPSA) is 65.2 Å². The number of benzene rings is 3. The zero-order valence-corrected chi connectivity index (χ0v) is 20.1. The molecular formula is C28H28ClN3O2. The van der Waals surface area contributed by atoms with Gasteiger partial charge in [-0.2, -0.15) is 0 Å². The molecule has 0 saturated heterocycles. The van der Waals surface area contributed by atoms with Crippen molar-refractivity contribution in [3.8, 4) is 0 Å². The smallest absolute Gasteiger partial charge is 0.249 e. The van der Waals surface area contributed by atoms with E-state index < -0.39 is 6.04 Å². The van der Waals surface area contributed by atoms with E-state index in [1.165, 1.54) is 0 Å². The van der Waals surface area contributed by atoms with Crippen LogP contribution in [0.1, 0.15) is 23.7 Å². The molecule has 0 aliphatic heterocycles. The normalized spacial score (nSPS) is 11.9. The number of hydrogen-bond donors (Lipinski definition) is 2. The van der Waals surface area contributed by atoms with Crippen LogP contribution in [0, 0.1) is 6.92 Å².